The molecule has 1 saturated heterocycles. The number of ether oxygens (including phenoxy) is 2. The molecule has 1 amide bonds. The van der Waals surface area contributed by atoms with Crippen LogP contribution in [-0.4, -0.2) is 62.1 Å². The van der Waals surface area contributed by atoms with Crippen molar-refractivity contribution in [1.29, 1.82) is 5.26 Å². The number of carbonyl (C=O) groups is 1. The Morgan fingerprint density at radius 2 is 1.68 bits per heavy atom. The molecule has 1 N–H and O–H groups in total. The van der Waals surface area contributed by atoms with Gasteiger partial charge in [-0.3, -0.25) is 14.6 Å². The van der Waals surface area contributed by atoms with Gasteiger partial charge in [-0.05, 0) is 30.2 Å². The molecule has 31 heavy (non-hydrogen) atoms. The van der Waals surface area contributed by atoms with E-state index in [1.807, 2.05) is 55.5 Å². The maximum atomic E-state index is 12.7. The van der Waals surface area contributed by atoms with Crippen molar-refractivity contribution in [3.05, 3.63) is 59.7 Å². The van der Waals surface area contributed by atoms with E-state index in [1.54, 1.807) is 14.2 Å². The van der Waals surface area contributed by atoms with Crippen LogP contribution in [0.15, 0.2) is 48.5 Å². The Balaban J connectivity index is 1.51. The van der Waals surface area contributed by atoms with E-state index in [-0.39, 0.29) is 18.0 Å². The Morgan fingerprint density at radius 3 is 2.29 bits per heavy atom. The second kappa shape index (κ2) is 10.8. The fourth-order valence-electron chi connectivity index (χ4n) is 3.88. The number of amides is 1. The first-order valence-corrected chi connectivity index (χ1v) is 10.5. The van der Waals surface area contributed by atoms with Crippen molar-refractivity contribution in [2.45, 2.75) is 25.6 Å². The van der Waals surface area contributed by atoms with E-state index in [0.29, 0.717) is 18.0 Å². The van der Waals surface area contributed by atoms with Crippen molar-refractivity contribution in [3.8, 4) is 17.6 Å². The molecule has 2 unspecified atom stereocenters. The zero-order valence-corrected chi connectivity index (χ0v) is 18.4. The summed E-state index contributed by atoms with van der Waals surface area (Å²) in [7, 11) is 3.19. The lowest BCUT2D eigenvalue weighted by Gasteiger charge is -2.39. The lowest BCUT2D eigenvalue weighted by atomic mass is 10.1. The maximum absolute atomic E-state index is 12.7. The van der Waals surface area contributed by atoms with Crippen LogP contribution in [0.2, 0.25) is 0 Å². The molecule has 1 heterocycles. The molecule has 1 fully saturated rings. The summed E-state index contributed by atoms with van der Waals surface area (Å²) in [6, 6.07) is 17.4. The minimum absolute atomic E-state index is 0.0110. The van der Waals surface area contributed by atoms with Crippen molar-refractivity contribution < 1.29 is 14.3 Å². The summed E-state index contributed by atoms with van der Waals surface area (Å²) in [6.45, 7) is 5.35. The van der Waals surface area contributed by atoms with Crippen molar-refractivity contribution in [2.24, 2.45) is 0 Å². The normalized spacial score (nSPS) is 16.7. The molecule has 2 aromatic rings. The van der Waals surface area contributed by atoms with Crippen molar-refractivity contribution in [1.82, 2.24) is 15.1 Å². The van der Waals surface area contributed by atoms with Crippen molar-refractivity contribution in [3.63, 3.8) is 0 Å². The molecule has 3 rings (SSSR count). The molecule has 0 bridgehead atoms. The molecule has 2 aromatic carbocycles. The first kappa shape index (κ1) is 22.6. The smallest absolute Gasteiger partial charge is 0.237 e. The molecule has 1 aliphatic rings. The van der Waals surface area contributed by atoms with E-state index >= 15 is 0 Å². The van der Waals surface area contributed by atoms with Gasteiger partial charge >= 0.3 is 0 Å². The summed E-state index contributed by atoms with van der Waals surface area (Å²) in [4.78, 5) is 17.1. The summed E-state index contributed by atoms with van der Waals surface area (Å²) in [5, 5.41) is 12.7. The van der Waals surface area contributed by atoms with Gasteiger partial charge in [0, 0.05) is 32.7 Å². The SMILES string of the molecule is COc1ccc(CNC(=O)C(C)N2CCN(C(C#N)c3ccccc3)CC2)cc1OC. The van der Waals surface area contributed by atoms with Gasteiger partial charge in [0.2, 0.25) is 5.91 Å². The number of methoxy groups -OCH3 is 2. The highest BCUT2D eigenvalue weighted by Gasteiger charge is 2.29. The van der Waals surface area contributed by atoms with Gasteiger partial charge in [0.15, 0.2) is 11.5 Å². The quantitative estimate of drug-likeness (QED) is 0.705. The number of nitriles is 1. The highest BCUT2D eigenvalue weighted by Crippen LogP contribution is 2.27. The van der Waals surface area contributed by atoms with Crippen LogP contribution in [0, 0.1) is 11.3 Å². The highest BCUT2D eigenvalue weighted by molar-refractivity contribution is 5.81. The topological polar surface area (TPSA) is 77.8 Å². The molecule has 0 radical (unpaired) electrons. The fraction of sp³-hybridized carbons (Fsp3) is 0.417. The number of nitrogens with one attached hydrogen (secondary N) is 1. The third-order valence-corrected chi connectivity index (χ3v) is 5.79. The number of hydrogen-bond acceptors (Lipinski definition) is 6. The minimum atomic E-state index is -0.252. The lowest BCUT2D eigenvalue weighted by Crippen LogP contribution is -2.54. The number of hydrogen-bond donors (Lipinski definition) is 1. The second-order valence-electron chi connectivity index (χ2n) is 7.60. The number of rotatable bonds is 8. The molecule has 0 aromatic heterocycles. The summed E-state index contributed by atoms with van der Waals surface area (Å²) < 4.78 is 10.6. The third-order valence-electron chi connectivity index (χ3n) is 5.79. The molecule has 0 aliphatic carbocycles. The van der Waals surface area contributed by atoms with E-state index in [1.165, 1.54) is 0 Å². The molecule has 0 saturated carbocycles. The van der Waals surface area contributed by atoms with E-state index < -0.39 is 0 Å². The van der Waals surface area contributed by atoms with Gasteiger partial charge in [-0.2, -0.15) is 5.26 Å². The third kappa shape index (κ3) is 5.54. The number of piperazine rings is 1. The zero-order chi connectivity index (χ0) is 22.2. The number of benzene rings is 2. The molecule has 164 valence electrons. The van der Waals surface area contributed by atoms with Gasteiger partial charge in [-0.1, -0.05) is 36.4 Å². The van der Waals surface area contributed by atoms with E-state index in [0.717, 1.165) is 37.3 Å². The van der Waals surface area contributed by atoms with E-state index in [9.17, 15) is 10.1 Å². The second-order valence-corrected chi connectivity index (χ2v) is 7.60. The molecule has 0 spiro atoms. The van der Waals surface area contributed by atoms with Gasteiger partial charge < -0.3 is 14.8 Å². The average molecular weight is 423 g/mol. The predicted octanol–water partition coefficient (Wildman–Crippen LogP) is 2.59. The predicted molar refractivity (Wildman–Crippen MR) is 119 cm³/mol. The van der Waals surface area contributed by atoms with Crippen molar-refractivity contribution in [2.75, 3.05) is 40.4 Å². The van der Waals surface area contributed by atoms with Crippen LogP contribution in [0.1, 0.15) is 24.1 Å². The maximum Gasteiger partial charge on any atom is 0.237 e. The van der Waals surface area contributed by atoms with Crippen LogP contribution < -0.4 is 14.8 Å². The molecule has 2 atom stereocenters. The molecular weight excluding hydrogens is 392 g/mol. The van der Waals surface area contributed by atoms with Gasteiger partial charge in [0.1, 0.15) is 6.04 Å². The van der Waals surface area contributed by atoms with Crippen LogP contribution >= 0.6 is 0 Å². The number of nitrogens with zero attached hydrogens (tertiary/aromatic N) is 3. The first-order chi connectivity index (χ1) is 15.1. The van der Waals surface area contributed by atoms with Crippen LogP contribution in [0.25, 0.3) is 0 Å². The Labute approximate surface area is 184 Å². The van der Waals surface area contributed by atoms with Crippen molar-refractivity contribution >= 4 is 5.91 Å². The summed E-state index contributed by atoms with van der Waals surface area (Å²) in [6.07, 6.45) is 0. The Kier molecular flexibility index (Phi) is 7.88. The van der Waals surface area contributed by atoms with Crippen LogP contribution in [-0.2, 0) is 11.3 Å². The zero-order valence-electron chi connectivity index (χ0n) is 18.4. The molecule has 7 heteroatoms. The van der Waals surface area contributed by atoms with Gasteiger partial charge in [0.05, 0.1) is 26.3 Å². The van der Waals surface area contributed by atoms with Crippen LogP contribution in [0.5, 0.6) is 11.5 Å². The molecule has 7 nitrogen and oxygen atoms in total. The first-order valence-electron chi connectivity index (χ1n) is 10.5. The molecule has 1 aliphatic heterocycles. The summed E-state index contributed by atoms with van der Waals surface area (Å²) in [5.41, 5.74) is 1.96. The molecular formula is C24H30N4O3. The van der Waals surface area contributed by atoms with E-state index in [4.69, 9.17) is 9.47 Å². The highest BCUT2D eigenvalue weighted by atomic mass is 16.5. The summed E-state index contributed by atoms with van der Waals surface area (Å²) in [5.74, 6) is 1.29. The summed E-state index contributed by atoms with van der Waals surface area (Å²) >= 11 is 0. The van der Waals surface area contributed by atoms with Gasteiger partial charge in [-0.25, -0.2) is 0 Å². The largest absolute Gasteiger partial charge is 0.493 e. The Morgan fingerprint density at radius 1 is 1.03 bits per heavy atom. The van der Waals surface area contributed by atoms with Crippen LogP contribution in [0.3, 0.4) is 0 Å². The van der Waals surface area contributed by atoms with Gasteiger partial charge in [0.25, 0.3) is 0 Å². The Bertz CT molecular complexity index is 905. The average Bonchev–Trinajstić information content (AvgIpc) is 2.83. The Hall–Kier alpha value is -3.08. The fourth-order valence-corrected chi connectivity index (χ4v) is 3.88. The monoisotopic (exact) mass is 422 g/mol. The standard InChI is InChI=1S/C24H30N4O3/c1-18(24(29)26-17-19-9-10-22(30-2)23(15-19)31-3)27-11-13-28(14-12-27)21(16-25)20-7-5-4-6-8-20/h4-10,15,18,21H,11-14,17H2,1-3H3,(H,26,29). The lowest BCUT2D eigenvalue weighted by molar-refractivity contribution is -0.126. The van der Waals surface area contributed by atoms with Crippen LogP contribution in [0.4, 0.5) is 0 Å². The van der Waals surface area contributed by atoms with E-state index in [2.05, 4.69) is 21.2 Å². The minimum Gasteiger partial charge on any atom is -0.493 e. The van der Waals surface area contributed by atoms with Gasteiger partial charge in [-0.15, -0.1) is 0 Å². The number of carbonyl (C=O) groups excluding carboxylic acids is 1.